The van der Waals surface area contributed by atoms with E-state index in [1.54, 1.807) is 22.8 Å². The highest BCUT2D eigenvalue weighted by molar-refractivity contribution is 7.18. The van der Waals surface area contributed by atoms with Crippen molar-refractivity contribution in [2.45, 2.75) is 44.7 Å². The lowest BCUT2D eigenvalue weighted by Crippen LogP contribution is -2.49. The summed E-state index contributed by atoms with van der Waals surface area (Å²) < 4.78 is 0. The van der Waals surface area contributed by atoms with Crippen LogP contribution in [0, 0.1) is 0 Å². The predicted octanol–water partition coefficient (Wildman–Crippen LogP) is 3.55. The van der Waals surface area contributed by atoms with Gasteiger partial charge in [0.1, 0.15) is 28.6 Å². The van der Waals surface area contributed by atoms with E-state index in [9.17, 15) is 4.79 Å². The number of carbonyl (C=O) groups is 1. The van der Waals surface area contributed by atoms with E-state index in [2.05, 4.69) is 38.2 Å². The average Bonchev–Trinajstić information content (AvgIpc) is 3.42. The van der Waals surface area contributed by atoms with Crippen LogP contribution in [0.25, 0.3) is 10.2 Å². The maximum Gasteiger partial charge on any atom is 0.222 e. The highest BCUT2D eigenvalue weighted by atomic mass is 32.1. The Morgan fingerprint density at radius 1 is 1.24 bits per heavy atom. The van der Waals surface area contributed by atoms with Crippen LogP contribution in [0.5, 0.6) is 0 Å². The molecule has 1 saturated heterocycles. The molecule has 0 bridgehead atoms. The van der Waals surface area contributed by atoms with E-state index in [0.717, 1.165) is 35.5 Å². The smallest absolute Gasteiger partial charge is 0.222 e. The molecule has 2 aromatic heterocycles. The second-order valence-electron chi connectivity index (χ2n) is 8.69. The van der Waals surface area contributed by atoms with Gasteiger partial charge in [-0.1, -0.05) is 31.2 Å². The fourth-order valence-electron chi connectivity index (χ4n) is 4.43. The summed E-state index contributed by atoms with van der Waals surface area (Å²) in [5.41, 5.74) is -0.374. The molecule has 0 spiro atoms. The van der Waals surface area contributed by atoms with Gasteiger partial charge in [-0.05, 0) is 31.1 Å². The van der Waals surface area contributed by atoms with Gasteiger partial charge in [0, 0.05) is 37.5 Å². The van der Waals surface area contributed by atoms with E-state index in [1.165, 1.54) is 4.88 Å². The van der Waals surface area contributed by atoms with Gasteiger partial charge in [-0.15, -0.1) is 16.5 Å². The second-order valence-corrected chi connectivity index (χ2v) is 9.81. The Morgan fingerprint density at radius 2 is 2.09 bits per heavy atom. The van der Waals surface area contributed by atoms with E-state index in [-0.39, 0.29) is 17.5 Å². The SMILES string of the molecule is CCc1cc2c(N3CCN(C(=O)CCCON4N=NC5(C)C=CC=CC45)CC3)ncnc2s1. The lowest BCUT2D eigenvalue weighted by molar-refractivity contribution is -0.175. The molecule has 2 aromatic rings. The minimum absolute atomic E-state index is 0.0313. The molecular formula is C23H29N7O2S. The molecule has 0 saturated carbocycles. The normalized spacial score (nSPS) is 24.2. The first-order valence-corrected chi connectivity index (χ1v) is 12.4. The summed E-state index contributed by atoms with van der Waals surface area (Å²) in [7, 11) is 0. The van der Waals surface area contributed by atoms with Crippen molar-refractivity contribution in [3.8, 4) is 0 Å². The number of carbonyl (C=O) groups excluding carboxylic acids is 1. The van der Waals surface area contributed by atoms with Crippen LogP contribution in [0.4, 0.5) is 5.82 Å². The Balaban J connectivity index is 1.08. The molecule has 3 aliphatic rings. The van der Waals surface area contributed by atoms with Crippen LogP contribution in [0.15, 0.2) is 47.0 Å². The number of thiophene rings is 1. The second kappa shape index (κ2) is 9.18. The zero-order valence-corrected chi connectivity index (χ0v) is 19.9. The van der Waals surface area contributed by atoms with Gasteiger partial charge in [0.25, 0.3) is 0 Å². The Morgan fingerprint density at radius 3 is 2.91 bits per heavy atom. The van der Waals surface area contributed by atoms with Crippen molar-refractivity contribution in [3.63, 3.8) is 0 Å². The molecule has 9 nitrogen and oxygen atoms in total. The van der Waals surface area contributed by atoms with Crippen molar-refractivity contribution in [3.05, 3.63) is 41.6 Å². The zero-order chi connectivity index (χ0) is 22.8. The molecule has 2 unspecified atom stereocenters. The molecule has 10 heteroatoms. The number of hydroxylamine groups is 1. The van der Waals surface area contributed by atoms with Crippen LogP contribution in [-0.2, 0) is 16.1 Å². The van der Waals surface area contributed by atoms with Crippen LogP contribution in [0.2, 0.25) is 0 Å². The summed E-state index contributed by atoms with van der Waals surface area (Å²) in [6.45, 7) is 7.58. The van der Waals surface area contributed by atoms with E-state index in [1.807, 2.05) is 36.1 Å². The quantitative estimate of drug-likeness (QED) is 0.579. The standard InChI is InChI=1S/C23H29N7O2S/c1-3-17-15-18-21(24-16-25-22(18)33-17)29-12-10-28(11-13-29)20(31)8-6-14-32-30-19-7-4-5-9-23(19,2)26-27-30/h4-5,7,9,15-16,19H,3,6,8,10-14H2,1-2H3. The Labute approximate surface area is 197 Å². The number of amides is 1. The van der Waals surface area contributed by atoms with Crippen LogP contribution in [-0.4, -0.2) is 70.3 Å². The molecule has 4 heterocycles. The van der Waals surface area contributed by atoms with Gasteiger partial charge >= 0.3 is 0 Å². The van der Waals surface area contributed by atoms with Gasteiger partial charge in [-0.25, -0.2) is 9.97 Å². The molecule has 1 fully saturated rings. The van der Waals surface area contributed by atoms with Gasteiger partial charge in [-0.2, -0.15) is 5.11 Å². The van der Waals surface area contributed by atoms with E-state index in [4.69, 9.17) is 4.84 Å². The minimum atomic E-state index is -0.374. The number of piperazine rings is 1. The van der Waals surface area contributed by atoms with Crippen LogP contribution in [0.3, 0.4) is 0 Å². The first-order chi connectivity index (χ1) is 16.1. The Bertz CT molecular complexity index is 1110. The minimum Gasteiger partial charge on any atom is -0.352 e. The fourth-order valence-corrected chi connectivity index (χ4v) is 5.36. The monoisotopic (exact) mass is 467 g/mol. The molecule has 0 N–H and O–H groups in total. The third kappa shape index (κ3) is 4.37. The lowest BCUT2D eigenvalue weighted by atomic mass is 9.90. The molecule has 2 aliphatic heterocycles. The Hall–Kier alpha value is -2.85. The van der Waals surface area contributed by atoms with Crippen LogP contribution < -0.4 is 4.90 Å². The summed E-state index contributed by atoms with van der Waals surface area (Å²) in [6.07, 6.45) is 11.8. The third-order valence-electron chi connectivity index (χ3n) is 6.42. The molecule has 33 heavy (non-hydrogen) atoms. The molecule has 5 rings (SSSR count). The maximum absolute atomic E-state index is 12.7. The largest absolute Gasteiger partial charge is 0.352 e. The van der Waals surface area contributed by atoms with Gasteiger partial charge in [0.15, 0.2) is 0 Å². The maximum atomic E-state index is 12.7. The van der Waals surface area contributed by atoms with Gasteiger partial charge in [0.2, 0.25) is 5.91 Å². The highest BCUT2D eigenvalue weighted by Crippen LogP contribution is 2.33. The fraction of sp³-hybridized carbons (Fsp3) is 0.522. The zero-order valence-electron chi connectivity index (χ0n) is 19.1. The number of fused-ring (bicyclic) bond motifs is 2. The van der Waals surface area contributed by atoms with Crippen molar-refractivity contribution < 1.29 is 9.63 Å². The molecule has 0 aromatic carbocycles. The van der Waals surface area contributed by atoms with E-state index in [0.29, 0.717) is 32.5 Å². The summed E-state index contributed by atoms with van der Waals surface area (Å²) in [6, 6.07) is 2.17. The molecular weight excluding hydrogens is 438 g/mol. The van der Waals surface area contributed by atoms with Crippen molar-refractivity contribution in [1.29, 1.82) is 0 Å². The molecule has 2 atom stereocenters. The Kier molecular flexibility index (Phi) is 6.11. The predicted molar refractivity (Wildman–Crippen MR) is 128 cm³/mol. The van der Waals surface area contributed by atoms with Crippen LogP contribution >= 0.6 is 11.3 Å². The number of aryl methyl sites for hydroxylation is 1. The number of nitrogens with zero attached hydrogens (tertiary/aromatic N) is 7. The summed E-state index contributed by atoms with van der Waals surface area (Å²) in [4.78, 5) is 34.1. The number of anilines is 1. The first-order valence-electron chi connectivity index (χ1n) is 11.5. The summed E-state index contributed by atoms with van der Waals surface area (Å²) in [5, 5.41) is 11.1. The number of allylic oxidation sites excluding steroid dienone is 2. The summed E-state index contributed by atoms with van der Waals surface area (Å²) in [5.74, 6) is 1.15. The number of hydrogen-bond acceptors (Lipinski definition) is 9. The summed E-state index contributed by atoms with van der Waals surface area (Å²) >= 11 is 1.73. The van der Waals surface area contributed by atoms with Gasteiger partial charge in [-0.3, -0.25) is 9.63 Å². The van der Waals surface area contributed by atoms with E-state index < -0.39 is 0 Å². The van der Waals surface area contributed by atoms with Crippen molar-refractivity contribution in [2.24, 2.45) is 10.3 Å². The average molecular weight is 468 g/mol. The highest BCUT2D eigenvalue weighted by Gasteiger charge is 2.41. The van der Waals surface area contributed by atoms with Crippen molar-refractivity contribution >= 4 is 33.3 Å². The molecule has 1 amide bonds. The van der Waals surface area contributed by atoms with Crippen LogP contribution in [0.1, 0.15) is 31.6 Å². The first kappa shape index (κ1) is 22.0. The van der Waals surface area contributed by atoms with E-state index >= 15 is 0 Å². The third-order valence-corrected chi connectivity index (χ3v) is 7.61. The van der Waals surface area contributed by atoms with Gasteiger partial charge in [0.05, 0.1) is 12.0 Å². The molecule has 0 radical (unpaired) electrons. The topological polar surface area (TPSA) is 86.5 Å². The molecule has 174 valence electrons. The van der Waals surface area contributed by atoms with Gasteiger partial charge < -0.3 is 9.80 Å². The van der Waals surface area contributed by atoms with Crippen molar-refractivity contribution in [2.75, 3.05) is 37.7 Å². The molecule has 1 aliphatic carbocycles. The lowest BCUT2D eigenvalue weighted by Gasteiger charge is -2.35. The number of rotatable bonds is 7. The van der Waals surface area contributed by atoms with Crippen molar-refractivity contribution in [1.82, 2.24) is 20.0 Å². The number of aromatic nitrogens is 2. The number of hydrogen-bond donors (Lipinski definition) is 0.